The Balaban J connectivity index is 2.17. The summed E-state index contributed by atoms with van der Waals surface area (Å²) >= 11 is 0. The number of carbonyl (C=O) groups is 1. The minimum atomic E-state index is -0.0327. The lowest BCUT2D eigenvalue weighted by Gasteiger charge is -2.38. The molecule has 0 atom stereocenters. The first-order valence-electron chi connectivity index (χ1n) is 7.57. The number of hydrogen-bond acceptors (Lipinski definition) is 3. The van der Waals surface area contributed by atoms with Crippen LogP contribution < -0.4 is 10.1 Å². The lowest BCUT2D eigenvalue weighted by molar-refractivity contribution is -0.124. The van der Waals surface area contributed by atoms with E-state index in [1.165, 1.54) is 5.56 Å². The van der Waals surface area contributed by atoms with E-state index in [9.17, 15) is 4.79 Å². The molecule has 0 aliphatic carbocycles. The van der Waals surface area contributed by atoms with E-state index in [1.54, 1.807) is 7.11 Å². The van der Waals surface area contributed by atoms with Crippen LogP contribution in [0, 0.1) is 5.92 Å². The zero-order chi connectivity index (χ0) is 15.3. The molecule has 0 saturated carbocycles. The first kappa shape index (κ1) is 15.8. The van der Waals surface area contributed by atoms with E-state index in [0.29, 0.717) is 6.54 Å². The highest BCUT2D eigenvalue weighted by Gasteiger charge is 2.35. The minimum absolute atomic E-state index is 0.0118. The fraction of sp³-hybridized carbons (Fsp3) is 0.588. The van der Waals surface area contributed by atoms with E-state index >= 15 is 0 Å². The Morgan fingerprint density at radius 1 is 1.29 bits per heavy atom. The van der Waals surface area contributed by atoms with Gasteiger partial charge in [0.2, 0.25) is 5.91 Å². The lowest BCUT2D eigenvalue weighted by Crippen LogP contribution is -2.45. The molecule has 0 aromatic heterocycles. The van der Waals surface area contributed by atoms with Crippen molar-refractivity contribution in [1.82, 2.24) is 5.32 Å². The lowest BCUT2D eigenvalue weighted by atomic mass is 9.74. The Morgan fingerprint density at radius 2 is 1.90 bits per heavy atom. The van der Waals surface area contributed by atoms with Crippen LogP contribution in [0.1, 0.15) is 32.3 Å². The molecule has 0 radical (unpaired) electrons. The van der Waals surface area contributed by atoms with Gasteiger partial charge in [-0.1, -0.05) is 26.0 Å². The summed E-state index contributed by atoms with van der Waals surface area (Å²) in [5.41, 5.74) is 1.21. The molecule has 21 heavy (non-hydrogen) atoms. The highest BCUT2D eigenvalue weighted by molar-refractivity contribution is 5.77. The van der Waals surface area contributed by atoms with Crippen molar-refractivity contribution in [3.8, 4) is 5.75 Å². The van der Waals surface area contributed by atoms with Gasteiger partial charge >= 0.3 is 0 Å². The van der Waals surface area contributed by atoms with Crippen molar-refractivity contribution in [3.05, 3.63) is 29.8 Å². The number of carbonyl (C=O) groups excluding carboxylic acids is 1. The Bertz CT molecular complexity index is 461. The molecule has 1 N–H and O–H groups in total. The molecule has 1 amide bonds. The minimum Gasteiger partial charge on any atom is -0.497 e. The zero-order valence-electron chi connectivity index (χ0n) is 13.1. The highest BCUT2D eigenvalue weighted by atomic mass is 16.5. The molecule has 1 fully saturated rings. The van der Waals surface area contributed by atoms with Crippen molar-refractivity contribution in [3.63, 3.8) is 0 Å². The Morgan fingerprint density at radius 3 is 2.43 bits per heavy atom. The summed E-state index contributed by atoms with van der Waals surface area (Å²) in [5.74, 6) is 0.972. The molecule has 1 aromatic carbocycles. The van der Waals surface area contributed by atoms with Gasteiger partial charge in [0.25, 0.3) is 0 Å². The standard InChI is InChI=1S/C17H25NO3/c1-13(2)16(19)18-12-17(8-10-21-11-9-17)14-4-6-15(20-3)7-5-14/h4-7,13H,8-12H2,1-3H3,(H,18,19). The topological polar surface area (TPSA) is 47.6 Å². The summed E-state index contributed by atoms with van der Waals surface area (Å²) in [4.78, 5) is 11.9. The summed E-state index contributed by atoms with van der Waals surface area (Å²) in [6.45, 7) is 5.98. The van der Waals surface area contributed by atoms with Crippen molar-refractivity contribution in [2.45, 2.75) is 32.1 Å². The molecule has 2 rings (SSSR count). The summed E-state index contributed by atoms with van der Waals surface area (Å²) in [5, 5.41) is 3.09. The van der Waals surface area contributed by atoms with Crippen LogP contribution in [0.4, 0.5) is 0 Å². The van der Waals surface area contributed by atoms with E-state index in [0.717, 1.165) is 31.8 Å². The quantitative estimate of drug-likeness (QED) is 0.907. The van der Waals surface area contributed by atoms with Crippen LogP contribution in [0.25, 0.3) is 0 Å². The van der Waals surface area contributed by atoms with E-state index in [-0.39, 0.29) is 17.2 Å². The van der Waals surface area contributed by atoms with Gasteiger partial charge in [-0.05, 0) is 30.5 Å². The van der Waals surface area contributed by atoms with Crippen LogP contribution in [-0.2, 0) is 14.9 Å². The maximum atomic E-state index is 11.9. The second kappa shape index (κ2) is 6.94. The predicted octanol–water partition coefficient (Wildman–Crippen LogP) is 2.52. The normalized spacial score (nSPS) is 17.5. The first-order valence-corrected chi connectivity index (χ1v) is 7.57. The van der Waals surface area contributed by atoms with Gasteiger partial charge in [-0.2, -0.15) is 0 Å². The molecule has 4 nitrogen and oxygen atoms in total. The molecule has 116 valence electrons. The van der Waals surface area contributed by atoms with Crippen molar-refractivity contribution in [1.29, 1.82) is 0 Å². The molecule has 1 aliphatic heterocycles. The van der Waals surface area contributed by atoms with Gasteiger partial charge < -0.3 is 14.8 Å². The smallest absolute Gasteiger partial charge is 0.222 e. The van der Waals surface area contributed by atoms with Gasteiger partial charge in [0.15, 0.2) is 0 Å². The molecule has 1 aliphatic rings. The van der Waals surface area contributed by atoms with Crippen LogP contribution in [0.2, 0.25) is 0 Å². The number of rotatable bonds is 5. The molecule has 0 unspecified atom stereocenters. The molecular weight excluding hydrogens is 266 g/mol. The third-order valence-electron chi connectivity index (χ3n) is 4.28. The molecule has 1 heterocycles. The third kappa shape index (κ3) is 3.76. The predicted molar refractivity (Wildman–Crippen MR) is 82.6 cm³/mol. The highest BCUT2D eigenvalue weighted by Crippen LogP contribution is 2.35. The van der Waals surface area contributed by atoms with Crippen molar-refractivity contribution < 1.29 is 14.3 Å². The first-order chi connectivity index (χ1) is 10.1. The van der Waals surface area contributed by atoms with Gasteiger partial charge in [0.1, 0.15) is 5.75 Å². The van der Waals surface area contributed by atoms with E-state index in [4.69, 9.17) is 9.47 Å². The Labute approximate surface area is 126 Å². The molecular formula is C17H25NO3. The van der Waals surface area contributed by atoms with Crippen LogP contribution in [0.15, 0.2) is 24.3 Å². The summed E-state index contributed by atoms with van der Waals surface area (Å²) in [7, 11) is 1.67. The average Bonchev–Trinajstić information content (AvgIpc) is 2.53. The number of ether oxygens (including phenoxy) is 2. The summed E-state index contributed by atoms with van der Waals surface area (Å²) < 4.78 is 10.7. The third-order valence-corrected chi connectivity index (χ3v) is 4.28. The van der Waals surface area contributed by atoms with Gasteiger partial charge in [-0.3, -0.25) is 4.79 Å². The van der Waals surface area contributed by atoms with E-state index in [1.807, 2.05) is 26.0 Å². The number of benzene rings is 1. The largest absolute Gasteiger partial charge is 0.497 e. The Hall–Kier alpha value is -1.55. The van der Waals surface area contributed by atoms with Gasteiger partial charge in [0.05, 0.1) is 7.11 Å². The average molecular weight is 291 g/mol. The van der Waals surface area contributed by atoms with E-state index < -0.39 is 0 Å². The maximum Gasteiger partial charge on any atom is 0.222 e. The SMILES string of the molecule is COc1ccc(C2(CNC(=O)C(C)C)CCOCC2)cc1. The molecule has 0 bridgehead atoms. The molecule has 1 aromatic rings. The number of methoxy groups -OCH3 is 1. The fourth-order valence-corrected chi connectivity index (χ4v) is 2.73. The van der Waals surface area contributed by atoms with E-state index in [2.05, 4.69) is 17.4 Å². The second-order valence-corrected chi connectivity index (χ2v) is 5.99. The van der Waals surface area contributed by atoms with Crippen molar-refractivity contribution >= 4 is 5.91 Å². The van der Waals surface area contributed by atoms with Crippen LogP contribution in [0.5, 0.6) is 5.75 Å². The Kier molecular flexibility index (Phi) is 5.23. The van der Waals surface area contributed by atoms with Gasteiger partial charge in [0, 0.05) is 31.1 Å². The molecule has 1 saturated heterocycles. The number of hydrogen-bond donors (Lipinski definition) is 1. The number of nitrogens with one attached hydrogen (secondary N) is 1. The van der Waals surface area contributed by atoms with Gasteiger partial charge in [-0.15, -0.1) is 0 Å². The van der Waals surface area contributed by atoms with Gasteiger partial charge in [-0.25, -0.2) is 0 Å². The van der Waals surface area contributed by atoms with Crippen molar-refractivity contribution in [2.75, 3.05) is 26.9 Å². The fourth-order valence-electron chi connectivity index (χ4n) is 2.73. The van der Waals surface area contributed by atoms with Crippen LogP contribution in [0.3, 0.4) is 0 Å². The molecule has 4 heteroatoms. The van der Waals surface area contributed by atoms with Crippen LogP contribution in [-0.4, -0.2) is 32.8 Å². The number of amides is 1. The summed E-state index contributed by atoms with van der Waals surface area (Å²) in [6, 6.07) is 8.17. The maximum absolute atomic E-state index is 11.9. The van der Waals surface area contributed by atoms with Crippen LogP contribution >= 0.6 is 0 Å². The second-order valence-electron chi connectivity index (χ2n) is 5.99. The summed E-state index contributed by atoms with van der Waals surface area (Å²) in [6.07, 6.45) is 1.86. The monoisotopic (exact) mass is 291 g/mol. The zero-order valence-corrected chi connectivity index (χ0v) is 13.1. The molecule has 0 spiro atoms. The van der Waals surface area contributed by atoms with Crippen molar-refractivity contribution in [2.24, 2.45) is 5.92 Å².